The zero-order valence-corrected chi connectivity index (χ0v) is 41.1. The molecule has 67 heavy (non-hydrogen) atoms. The standard InChI is InChI=1S/C48H79N9O9.CH4/c1-11-39-48(7)42(57(46(61)66-48)21-13-12-20-56-29-37(52-53-56)34-15-14-16-35(49)26-34)36(17-22-55-23-18-50-19-24-55)51-28-30(2)27-47(6,62-10)43(32(4)40(58)33(5)44(60)64-39)65-45-41(59)38(54(8)9)25-31(3)63-45;/h14-16,26,29-33,36,38-39,41-43,45,50-51,59H,11-13,17-25,27-28,49H2,1-10H3;1H4/t30-,31-,32+,33-,36-,38?,39-,41?,42-,43-,45+,47-,48-;/m1./s1. The number of nitrogens with two attached hydrogens (primary N) is 1. The van der Waals surface area contributed by atoms with Crippen molar-refractivity contribution < 1.29 is 43.2 Å². The summed E-state index contributed by atoms with van der Waals surface area (Å²) in [6, 6.07) is 6.49. The van der Waals surface area contributed by atoms with E-state index in [0.29, 0.717) is 63.8 Å². The first-order valence-corrected chi connectivity index (χ1v) is 24.3. The first-order chi connectivity index (χ1) is 31.4. The number of likely N-dealkylation sites (N-methyl/N-ethyl adjacent to an activating group) is 1. The maximum Gasteiger partial charge on any atom is 0.410 e. The van der Waals surface area contributed by atoms with E-state index in [1.165, 1.54) is 0 Å². The lowest BCUT2D eigenvalue weighted by Gasteiger charge is -2.46. The smallest absolute Gasteiger partial charge is 0.410 e. The summed E-state index contributed by atoms with van der Waals surface area (Å²) in [5.74, 6) is -3.19. The highest BCUT2D eigenvalue weighted by molar-refractivity contribution is 6.00. The second-order valence-corrected chi connectivity index (χ2v) is 20.0. The van der Waals surface area contributed by atoms with Gasteiger partial charge < -0.3 is 55.0 Å². The van der Waals surface area contributed by atoms with Gasteiger partial charge in [0.25, 0.3) is 0 Å². The van der Waals surface area contributed by atoms with Crippen molar-refractivity contribution in [3.63, 3.8) is 0 Å². The molecule has 4 fully saturated rings. The van der Waals surface area contributed by atoms with Gasteiger partial charge in [-0.25, -0.2) is 4.79 Å². The molecule has 2 aromatic rings. The van der Waals surface area contributed by atoms with E-state index in [9.17, 15) is 19.5 Å². The van der Waals surface area contributed by atoms with Crippen LogP contribution in [0.1, 0.15) is 94.4 Å². The van der Waals surface area contributed by atoms with Crippen molar-refractivity contribution in [2.75, 3.05) is 72.8 Å². The Morgan fingerprint density at radius 3 is 2.43 bits per heavy atom. The Morgan fingerprint density at radius 2 is 1.76 bits per heavy atom. The summed E-state index contributed by atoms with van der Waals surface area (Å²) in [4.78, 5) is 49.5. The quantitative estimate of drug-likeness (QED) is 0.0906. The fraction of sp³-hybridized carbons (Fsp3) is 0.776. The van der Waals surface area contributed by atoms with Gasteiger partial charge in [0.1, 0.15) is 23.8 Å². The van der Waals surface area contributed by atoms with Crippen molar-refractivity contribution in [2.45, 2.75) is 161 Å². The number of carbonyl (C=O) groups excluding carboxylic acids is 3. The average molecular weight is 942 g/mol. The summed E-state index contributed by atoms with van der Waals surface area (Å²) >= 11 is 0. The van der Waals surface area contributed by atoms with Crippen molar-refractivity contribution in [1.29, 1.82) is 0 Å². The van der Waals surface area contributed by atoms with Crippen LogP contribution >= 0.6 is 0 Å². The summed E-state index contributed by atoms with van der Waals surface area (Å²) in [5.41, 5.74) is 5.96. The SMILES string of the molecule is C.CC[C@H]1OC(=O)[C@H](C)C(=O)[C@H](C)[C@@H](O[C@@H]2O[C@H](C)CC(N(C)C)C2O)[C@](C)(OC)C[C@@H](C)CN[C@H](CCN2CCNCC2)[C@H]2N(CCCCn3cc(-c4cccc(N)c4)nn3)C(=O)O[C@]12C. The Balaban J connectivity index is 0.00000840. The summed E-state index contributed by atoms with van der Waals surface area (Å²) in [7, 11) is 5.43. The second-order valence-electron chi connectivity index (χ2n) is 20.0. The fourth-order valence-electron chi connectivity index (χ4n) is 10.8. The number of hydrogen-bond acceptors (Lipinski definition) is 16. The molecule has 5 N–H and O–H groups in total. The molecule has 4 aliphatic heterocycles. The predicted octanol–water partition coefficient (Wildman–Crippen LogP) is 4.20. The minimum Gasteiger partial charge on any atom is -0.458 e. The number of nitrogens with zero attached hydrogens (tertiary/aromatic N) is 6. The number of nitrogen functional groups attached to an aromatic ring is 1. The molecular formula is C49H83N9O9. The number of amides is 1. The number of carbonyl (C=O) groups is 3. The molecule has 13 atom stereocenters. The van der Waals surface area contributed by atoms with Gasteiger partial charge in [0.2, 0.25) is 0 Å². The van der Waals surface area contributed by atoms with Gasteiger partial charge in [0, 0.05) is 75.6 Å². The van der Waals surface area contributed by atoms with Gasteiger partial charge >= 0.3 is 12.1 Å². The van der Waals surface area contributed by atoms with Crippen LogP contribution in [0, 0.1) is 17.8 Å². The number of Topliss-reactive ketones (excluding diaryl/α,β-unsaturated/α-hetero) is 1. The Morgan fingerprint density at radius 1 is 1.04 bits per heavy atom. The molecule has 2 unspecified atom stereocenters. The normalized spacial score (nSPS) is 35.0. The maximum absolute atomic E-state index is 14.6. The summed E-state index contributed by atoms with van der Waals surface area (Å²) in [6.45, 7) is 19.0. The largest absolute Gasteiger partial charge is 0.458 e. The number of aliphatic hydroxyl groups is 1. The van der Waals surface area contributed by atoms with E-state index in [1.54, 1.807) is 25.6 Å². The number of ketones is 1. The predicted molar refractivity (Wildman–Crippen MR) is 257 cm³/mol. The summed E-state index contributed by atoms with van der Waals surface area (Å²) < 4.78 is 34.0. The Labute approximate surface area is 399 Å². The minimum absolute atomic E-state index is 0. The summed E-state index contributed by atoms with van der Waals surface area (Å²) in [6.07, 6.45) is 0.852. The number of nitrogens with one attached hydrogen (secondary N) is 2. The zero-order valence-electron chi connectivity index (χ0n) is 41.1. The van der Waals surface area contributed by atoms with Crippen LogP contribution in [0.2, 0.25) is 0 Å². The molecule has 6 rings (SSSR count). The van der Waals surface area contributed by atoms with Crippen LogP contribution in [-0.2, 0) is 39.8 Å². The topological polar surface area (TPSA) is 208 Å². The van der Waals surface area contributed by atoms with E-state index < -0.39 is 65.7 Å². The van der Waals surface area contributed by atoms with Gasteiger partial charge in [-0.2, -0.15) is 0 Å². The Bertz CT molecular complexity index is 1920. The van der Waals surface area contributed by atoms with E-state index in [1.807, 2.05) is 82.1 Å². The highest BCUT2D eigenvalue weighted by atomic mass is 16.7. The van der Waals surface area contributed by atoms with Crippen LogP contribution < -0.4 is 16.4 Å². The van der Waals surface area contributed by atoms with Gasteiger partial charge in [0.15, 0.2) is 17.7 Å². The van der Waals surface area contributed by atoms with Crippen molar-refractivity contribution in [1.82, 2.24) is 40.3 Å². The number of anilines is 1. The number of aromatic nitrogens is 3. The zero-order chi connectivity index (χ0) is 47.9. The van der Waals surface area contributed by atoms with E-state index in [2.05, 4.69) is 32.8 Å². The van der Waals surface area contributed by atoms with Crippen molar-refractivity contribution in [3.05, 3.63) is 30.5 Å². The third-order valence-corrected chi connectivity index (χ3v) is 14.6. The average Bonchev–Trinajstić information content (AvgIpc) is 3.87. The van der Waals surface area contributed by atoms with Crippen LogP contribution in [0.3, 0.4) is 0 Å². The lowest BCUT2D eigenvalue weighted by atomic mass is 9.78. The molecule has 4 saturated heterocycles. The van der Waals surface area contributed by atoms with Crippen LogP contribution in [0.5, 0.6) is 0 Å². The molecule has 4 aliphatic rings. The van der Waals surface area contributed by atoms with Crippen molar-refractivity contribution >= 4 is 23.5 Å². The molecule has 378 valence electrons. The highest BCUT2D eigenvalue weighted by Gasteiger charge is 2.59. The molecule has 1 aromatic heterocycles. The molecule has 1 amide bonds. The van der Waals surface area contributed by atoms with Crippen molar-refractivity contribution in [3.8, 4) is 11.3 Å². The van der Waals surface area contributed by atoms with Gasteiger partial charge in [0.05, 0.1) is 30.0 Å². The number of rotatable bonds is 14. The van der Waals surface area contributed by atoms with Crippen molar-refractivity contribution in [2.24, 2.45) is 17.8 Å². The minimum atomic E-state index is -1.26. The third-order valence-electron chi connectivity index (χ3n) is 14.6. The number of cyclic esters (lactones) is 1. The van der Waals surface area contributed by atoms with E-state index >= 15 is 0 Å². The number of ether oxygens (including phenoxy) is 5. The number of aliphatic hydroxyl groups excluding tert-OH is 1. The number of benzene rings is 1. The lowest BCUT2D eigenvalue weighted by molar-refractivity contribution is -0.295. The van der Waals surface area contributed by atoms with Gasteiger partial charge in [-0.05, 0) is 111 Å². The van der Waals surface area contributed by atoms with E-state index in [4.69, 9.17) is 29.4 Å². The van der Waals surface area contributed by atoms with Crippen LogP contribution in [0.15, 0.2) is 30.5 Å². The van der Waals surface area contributed by atoms with Gasteiger partial charge in [-0.15, -0.1) is 5.10 Å². The first kappa shape index (κ1) is 54.2. The van der Waals surface area contributed by atoms with Crippen LogP contribution in [0.4, 0.5) is 10.5 Å². The first-order valence-electron chi connectivity index (χ1n) is 24.3. The number of fused-ring (bicyclic) bond motifs is 1. The Kier molecular flexibility index (Phi) is 19.2. The van der Waals surface area contributed by atoms with E-state index in [0.717, 1.165) is 44.0 Å². The maximum atomic E-state index is 14.6. The summed E-state index contributed by atoms with van der Waals surface area (Å²) in [5, 5.41) is 27.7. The number of aryl methyl sites for hydroxylation is 1. The third kappa shape index (κ3) is 12.7. The fourth-order valence-corrected chi connectivity index (χ4v) is 10.8. The van der Waals surface area contributed by atoms with Crippen LogP contribution in [0.25, 0.3) is 11.3 Å². The monoisotopic (exact) mass is 942 g/mol. The molecule has 0 bridgehead atoms. The molecule has 0 spiro atoms. The second kappa shape index (κ2) is 23.7. The molecule has 18 nitrogen and oxygen atoms in total. The molecule has 5 heterocycles. The lowest BCUT2D eigenvalue weighted by Crippen LogP contribution is -2.62. The molecular weight excluding hydrogens is 859 g/mol. The number of methoxy groups -OCH3 is 1. The highest BCUT2D eigenvalue weighted by Crippen LogP contribution is 2.41. The van der Waals surface area contributed by atoms with Gasteiger partial charge in [-0.3, -0.25) is 19.2 Å². The van der Waals surface area contributed by atoms with Gasteiger partial charge in [-0.1, -0.05) is 45.5 Å². The molecule has 0 radical (unpaired) electrons. The number of unbranched alkanes of at least 4 members (excludes halogenated alkanes) is 1. The number of esters is 1. The van der Waals surface area contributed by atoms with E-state index in [-0.39, 0.29) is 37.3 Å². The number of piperazine rings is 1. The molecule has 0 aliphatic carbocycles. The van der Waals surface area contributed by atoms with Crippen LogP contribution in [-0.4, -0.2) is 180 Å². The molecule has 0 saturated carbocycles. The number of hydrogen-bond donors (Lipinski definition) is 4. The Hall–Kier alpha value is -3.75. The molecule has 18 heteroatoms. The molecule has 1 aromatic carbocycles.